The molecule has 0 bridgehead atoms. The molecule has 2 aromatic carbocycles. The van der Waals surface area contributed by atoms with Crippen LogP contribution in [0.15, 0.2) is 53.6 Å². The molecule has 0 aliphatic heterocycles. The zero-order valence-corrected chi connectivity index (χ0v) is 12.3. The number of nitrogens with zero attached hydrogens (tertiary/aromatic N) is 1. The van der Waals surface area contributed by atoms with Crippen molar-refractivity contribution in [3.63, 3.8) is 0 Å². The second-order valence-electron chi connectivity index (χ2n) is 4.61. The second-order valence-corrected chi connectivity index (χ2v) is 4.61. The fourth-order valence-electron chi connectivity index (χ4n) is 1.90. The molecule has 0 fully saturated rings. The number of carboxylic acids is 1. The number of carbonyl (C=O) groups is 3. The molecule has 4 N–H and O–H groups in total. The van der Waals surface area contributed by atoms with Crippen molar-refractivity contribution >= 4 is 24.0 Å². The predicted octanol–water partition coefficient (Wildman–Crippen LogP) is 1.27. The number of hydroxylamine groups is 1. The van der Waals surface area contributed by atoms with Crippen molar-refractivity contribution in [3.8, 4) is 0 Å². The van der Waals surface area contributed by atoms with Crippen LogP contribution in [-0.2, 0) is 0 Å². The van der Waals surface area contributed by atoms with Crippen molar-refractivity contribution in [1.82, 2.24) is 10.9 Å². The first-order valence-electron chi connectivity index (χ1n) is 6.73. The highest BCUT2D eigenvalue weighted by atomic mass is 16.5. The minimum atomic E-state index is -1.11. The normalized spacial score (nSPS) is 10.4. The molecule has 0 aromatic heterocycles. The highest BCUT2D eigenvalue weighted by Gasteiger charge is 2.10. The Bertz CT molecular complexity index is 817. The van der Waals surface area contributed by atoms with E-state index in [1.807, 2.05) is 0 Å². The number of hydrazone groups is 1. The molecule has 8 nitrogen and oxygen atoms in total. The lowest BCUT2D eigenvalue weighted by Gasteiger charge is -2.03. The number of carboxylic acid groups (broad SMARTS) is 1. The molecule has 0 radical (unpaired) electrons. The summed E-state index contributed by atoms with van der Waals surface area (Å²) in [5, 5.41) is 21.4. The molecule has 0 atom stereocenters. The average Bonchev–Trinajstić information content (AvgIpc) is 2.61. The maximum Gasteiger partial charge on any atom is 0.336 e. The van der Waals surface area contributed by atoms with Crippen LogP contribution in [0.25, 0.3) is 0 Å². The van der Waals surface area contributed by atoms with Crippen LogP contribution in [0, 0.1) is 0 Å². The Morgan fingerprint density at radius 2 is 1.62 bits per heavy atom. The first kappa shape index (κ1) is 16.8. The highest BCUT2D eigenvalue weighted by molar-refractivity contribution is 6.01. The monoisotopic (exact) mass is 327 g/mol. The summed E-state index contributed by atoms with van der Waals surface area (Å²) >= 11 is 0. The number of rotatable bonds is 5. The summed E-state index contributed by atoms with van der Waals surface area (Å²) in [4.78, 5) is 34.4. The van der Waals surface area contributed by atoms with Gasteiger partial charge < -0.3 is 5.11 Å². The van der Waals surface area contributed by atoms with Crippen LogP contribution in [-0.4, -0.2) is 34.3 Å². The fraction of sp³-hybridized carbons (Fsp3) is 0. The van der Waals surface area contributed by atoms with Gasteiger partial charge in [-0.1, -0.05) is 24.3 Å². The molecular weight excluding hydrogens is 314 g/mol. The Kier molecular flexibility index (Phi) is 5.37. The molecule has 8 heteroatoms. The molecule has 2 aromatic rings. The van der Waals surface area contributed by atoms with Gasteiger partial charge in [0, 0.05) is 16.7 Å². The zero-order valence-electron chi connectivity index (χ0n) is 12.3. The molecule has 0 saturated carbocycles. The lowest BCUT2D eigenvalue weighted by atomic mass is 10.1. The topological polar surface area (TPSA) is 128 Å². The number of hydrogen-bond acceptors (Lipinski definition) is 5. The van der Waals surface area contributed by atoms with Crippen LogP contribution in [0.1, 0.15) is 36.6 Å². The van der Waals surface area contributed by atoms with E-state index in [0.717, 1.165) is 0 Å². The van der Waals surface area contributed by atoms with Crippen molar-refractivity contribution < 1.29 is 24.7 Å². The van der Waals surface area contributed by atoms with E-state index in [2.05, 4.69) is 10.5 Å². The summed E-state index contributed by atoms with van der Waals surface area (Å²) in [7, 11) is 0. The van der Waals surface area contributed by atoms with Crippen LogP contribution in [0.2, 0.25) is 0 Å². The SMILES string of the molecule is O=C(NO)c1cccc(C(=O)N/N=C/c2ccccc2C(=O)O)c1. The highest BCUT2D eigenvalue weighted by Crippen LogP contribution is 2.07. The largest absolute Gasteiger partial charge is 0.478 e. The Morgan fingerprint density at radius 1 is 0.958 bits per heavy atom. The van der Waals surface area contributed by atoms with E-state index in [0.29, 0.717) is 5.56 Å². The van der Waals surface area contributed by atoms with Crippen molar-refractivity contribution in [3.05, 3.63) is 70.8 Å². The maximum atomic E-state index is 12.0. The number of aromatic carboxylic acids is 1. The molecule has 0 aliphatic carbocycles. The van der Waals surface area contributed by atoms with Gasteiger partial charge in [0.15, 0.2) is 0 Å². The molecule has 0 heterocycles. The Balaban J connectivity index is 2.11. The molecule has 2 rings (SSSR count). The predicted molar refractivity (Wildman–Crippen MR) is 84.2 cm³/mol. The summed E-state index contributed by atoms with van der Waals surface area (Å²) in [6.45, 7) is 0. The molecule has 122 valence electrons. The lowest BCUT2D eigenvalue weighted by molar-refractivity contribution is 0.0693. The van der Waals surface area contributed by atoms with Crippen LogP contribution < -0.4 is 10.9 Å². The van der Waals surface area contributed by atoms with E-state index in [1.165, 1.54) is 42.0 Å². The molecule has 0 aliphatic rings. The van der Waals surface area contributed by atoms with E-state index in [1.54, 1.807) is 18.2 Å². The zero-order chi connectivity index (χ0) is 17.5. The first-order chi connectivity index (χ1) is 11.5. The Morgan fingerprint density at radius 3 is 2.29 bits per heavy atom. The Hall–Kier alpha value is -3.52. The summed E-state index contributed by atoms with van der Waals surface area (Å²) in [5.74, 6) is -2.44. The van der Waals surface area contributed by atoms with Gasteiger partial charge in [-0.15, -0.1) is 0 Å². The smallest absolute Gasteiger partial charge is 0.336 e. The van der Waals surface area contributed by atoms with E-state index < -0.39 is 17.8 Å². The van der Waals surface area contributed by atoms with Crippen LogP contribution in [0.4, 0.5) is 0 Å². The van der Waals surface area contributed by atoms with E-state index >= 15 is 0 Å². The van der Waals surface area contributed by atoms with Crippen LogP contribution >= 0.6 is 0 Å². The first-order valence-corrected chi connectivity index (χ1v) is 6.73. The molecule has 24 heavy (non-hydrogen) atoms. The van der Waals surface area contributed by atoms with Crippen molar-refractivity contribution in [1.29, 1.82) is 0 Å². The third-order valence-electron chi connectivity index (χ3n) is 3.05. The van der Waals surface area contributed by atoms with Gasteiger partial charge in [-0.25, -0.2) is 15.7 Å². The minimum Gasteiger partial charge on any atom is -0.478 e. The fourth-order valence-corrected chi connectivity index (χ4v) is 1.90. The van der Waals surface area contributed by atoms with Gasteiger partial charge >= 0.3 is 5.97 Å². The molecule has 2 amide bonds. The molecular formula is C16H13N3O5. The van der Waals surface area contributed by atoms with E-state index in [9.17, 15) is 14.4 Å². The third-order valence-corrected chi connectivity index (χ3v) is 3.05. The van der Waals surface area contributed by atoms with Crippen LogP contribution in [0.3, 0.4) is 0 Å². The van der Waals surface area contributed by atoms with Gasteiger partial charge in [-0.05, 0) is 24.3 Å². The van der Waals surface area contributed by atoms with Gasteiger partial charge in [0.05, 0.1) is 11.8 Å². The van der Waals surface area contributed by atoms with Crippen molar-refractivity contribution in [2.45, 2.75) is 0 Å². The summed E-state index contributed by atoms with van der Waals surface area (Å²) in [5.41, 5.74) is 4.35. The number of amides is 2. The van der Waals surface area contributed by atoms with Gasteiger partial charge in [-0.3, -0.25) is 14.8 Å². The summed E-state index contributed by atoms with van der Waals surface area (Å²) < 4.78 is 0. The molecule has 0 spiro atoms. The Labute approximate surface area is 136 Å². The van der Waals surface area contributed by atoms with E-state index in [-0.39, 0.29) is 16.7 Å². The standard InChI is InChI=1S/C16H13N3O5/c20-14(10-5-3-6-11(8-10)15(21)19-24)18-17-9-12-4-1-2-7-13(12)16(22)23/h1-9,24H,(H,18,20)(H,19,21)(H,22,23)/b17-9+. The summed E-state index contributed by atoms with van der Waals surface area (Å²) in [6, 6.07) is 11.8. The number of nitrogens with one attached hydrogen (secondary N) is 2. The quantitative estimate of drug-likeness (QED) is 0.373. The number of benzene rings is 2. The minimum absolute atomic E-state index is 0.0529. The van der Waals surface area contributed by atoms with Gasteiger partial charge in [-0.2, -0.15) is 5.10 Å². The van der Waals surface area contributed by atoms with Crippen LogP contribution in [0.5, 0.6) is 0 Å². The second kappa shape index (κ2) is 7.65. The average molecular weight is 327 g/mol. The van der Waals surface area contributed by atoms with E-state index in [4.69, 9.17) is 10.3 Å². The number of hydrogen-bond donors (Lipinski definition) is 4. The molecule has 0 unspecified atom stereocenters. The van der Waals surface area contributed by atoms with Gasteiger partial charge in [0.2, 0.25) is 0 Å². The third kappa shape index (κ3) is 4.02. The lowest BCUT2D eigenvalue weighted by Crippen LogP contribution is -2.21. The summed E-state index contributed by atoms with van der Waals surface area (Å²) in [6.07, 6.45) is 1.21. The van der Waals surface area contributed by atoms with Gasteiger partial charge in [0.1, 0.15) is 0 Å². The molecule has 0 saturated heterocycles. The van der Waals surface area contributed by atoms with Crippen molar-refractivity contribution in [2.75, 3.05) is 0 Å². The van der Waals surface area contributed by atoms with Gasteiger partial charge in [0.25, 0.3) is 11.8 Å². The number of carbonyl (C=O) groups excluding carboxylic acids is 2. The maximum absolute atomic E-state index is 12.0. The van der Waals surface area contributed by atoms with Crippen molar-refractivity contribution in [2.24, 2.45) is 5.10 Å².